The quantitative estimate of drug-likeness (QED) is 0.262. The van der Waals surface area contributed by atoms with E-state index in [1.54, 1.807) is 18.2 Å². The van der Waals surface area contributed by atoms with Crippen molar-refractivity contribution >= 4 is 11.8 Å². The number of esters is 1. The smallest absolute Gasteiger partial charge is 0.343 e. The molecule has 0 unspecified atom stereocenters. The molecule has 0 radical (unpaired) electrons. The van der Waals surface area contributed by atoms with Gasteiger partial charge in [-0.15, -0.1) is 0 Å². The van der Waals surface area contributed by atoms with E-state index in [2.05, 4.69) is 0 Å². The highest BCUT2D eigenvalue weighted by atomic mass is 16.5. The maximum absolute atomic E-state index is 13.0. The summed E-state index contributed by atoms with van der Waals surface area (Å²) in [6, 6.07) is 4.85. The van der Waals surface area contributed by atoms with Crippen LogP contribution in [0.5, 0.6) is 11.5 Å². The Balaban J connectivity index is 2.50. The first kappa shape index (κ1) is 17.8. The van der Waals surface area contributed by atoms with Crippen molar-refractivity contribution in [3.05, 3.63) is 35.0 Å². The van der Waals surface area contributed by atoms with Gasteiger partial charge in [-0.25, -0.2) is 4.79 Å². The van der Waals surface area contributed by atoms with Crippen LogP contribution in [0.1, 0.15) is 30.1 Å². The summed E-state index contributed by atoms with van der Waals surface area (Å²) in [6.07, 6.45) is 1.61. The molecule has 1 aliphatic rings. The van der Waals surface area contributed by atoms with Crippen LogP contribution in [-0.4, -0.2) is 51.1 Å². The molecule has 0 aromatic heterocycles. The number of ketones is 1. The van der Waals surface area contributed by atoms with E-state index >= 15 is 0 Å². The Hall–Kier alpha value is -2.50. The van der Waals surface area contributed by atoms with Crippen LogP contribution in [0.15, 0.2) is 29.5 Å². The molecule has 24 heavy (non-hydrogen) atoms. The van der Waals surface area contributed by atoms with Crippen molar-refractivity contribution in [1.82, 2.24) is 4.90 Å². The molecule has 1 aliphatic heterocycles. The standard InChI is InChI=1S/C18H23NO5/c1-5-19-10-6-7-13(19)16(18(21)24-4)17(20)12-8-9-14(22-2)15(11-12)23-3/h8-9,11H,5-7,10H2,1-4H3/b16-13+. The minimum absolute atomic E-state index is 0.101. The van der Waals surface area contributed by atoms with Crippen LogP contribution in [0.4, 0.5) is 0 Å². The topological polar surface area (TPSA) is 65.1 Å². The summed E-state index contributed by atoms with van der Waals surface area (Å²) < 4.78 is 15.3. The van der Waals surface area contributed by atoms with Gasteiger partial charge in [0.2, 0.25) is 5.78 Å². The molecule has 0 amide bonds. The molecule has 0 bridgehead atoms. The number of methoxy groups -OCH3 is 3. The van der Waals surface area contributed by atoms with Gasteiger partial charge in [-0.3, -0.25) is 4.79 Å². The van der Waals surface area contributed by atoms with Gasteiger partial charge in [0, 0.05) is 24.4 Å². The lowest BCUT2D eigenvalue weighted by Crippen LogP contribution is -2.25. The molecule has 0 saturated carbocycles. The fraction of sp³-hybridized carbons (Fsp3) is 0.444. The summed E-state index contributed by atoms with van der Waals surface area (Å²) in [5, 5.41) is 0. The monoisotopic (exact) mass is 333 g/mol. The van der Waals surface area contributed by atoms with E-state index in [0.29, 0.717) is 23.5 Å². The zero-order valence-electron chi connectivity index (χ0n) is 14.5. The number of allylic oxidation sites excluding steroid dienone is 1. The number of ether oxygens (including phenoxy) is 3. The second kappa shape index (κ2) is 7.86. The second-order valence-electron chi connectivity index (χ2n) is 5.40. The van der Waals surface area contributed by atoms with Crippen molar-refractivity contribution in [2.75, 3.05) is 34.4 Å². The van der Waals surface area contributed by atoms with Gasteiger partial charge < -0.3 is 19.1 Å². The molecule has 1 aromatic carbocycles. The van der Waals surface area contributed by atoms with E-state index in [1.165, 1.54) is 21.3 Å². The van der Waals surface area contributed by atoms with Gasteiger partial charge in [-0.1, -0.05) is 0 Å². The van der Waals surface area contributed by atoms with Gasteiger partial charge in [0.25, 0.3) is 0 Å². The van der Waals surface area contributed by atoms with Crippen LogP contribution in [0, 0.1) is 0 Å². The van der Waals surface area contributed by atoms with Gasteiger partial charge in [-0.2, -0.15) is 0 Å². The Morgan fingerprint density at radius 1 is 1.12 bits per heavy atom. The summed E-state index contributed by atoms with van der Waals surface area (Å²) in [7, 11) is 4.32. The second-order valence-corrected chi connectivity index (χ2v) is 5.40. The molecule has 1 fully saturated rings. The number of hydrogen-bond acceptors (Lipinski definition) is 6. The SMILES string of the molecule is CCN1CCC/C1=C(\C(=O)OC)C(=O)c1ccc(OC)c(OC)c1. The molecular weight excluding hydrogens is 310 g/mol. The highest BCUT2D eigenvalue weighted by Gasteiger charge is 2.30. The van der Waals surface area contributed by atoms with Gasteiger partial charge in [-0.05, 0) is 38.0 Å². The molecule has 6 heteroatoms. The van der Waals surface area contributed by atoms with Gasteiger partial charge in [0.05, 0.1) is 21.3 Å². The van der Waals surface area contributed by atoms with E-state index in [9.17, 15) is 9.59 Å². The minimum Gasteiger partial charge on any atom is -0.493 e. The molecule has 0 aliphatic carbocycles. The maximum atomic E-state index is 13.0. The Kier molecular flexibility index (Phi) is 5.84. The summed E-state index contributed by atoms with van der Waals surface area (Å²) in [5.41, 5.74) is 1.22. The van der Waals surface area contributed by atoms with Crippen LogP contribution in [0.2, 0.25) is 0 Å². The van der Waals surface area contributed by atoms with Crippen molar-refractivity contribution in [2.45, 2.75) is 19.8 Å². The van der Waals surface area contributed by atoms with Crippen molar-refractivity contribution < 1.29 is 23.8 Å². The predicted octanol–water partition coefficient (Wildman–Crippen LogP) is 2.43. The van der Waals surface area contributed by atoms with Crippen LogP contribution >= 0.6 is 0 Å². The van der Waals surface area contributed by atoms with E-state index in [0.717, 1.165) is 25.2 Å². The first-order chi connectivity index (χ1) is 11.6. The zero-order chi connectivity index (χ0) is 17.7. The molecule has 0 atom stereocenters. The van der Waals surface area contributed by atoms with E-state index in [1.807, 2.05) is 11.8 Å². The van der Waals surface area contributed by atoms with Crippen LogP contribution < -0.4 is 9.47 Å². The third kappa shape index (κ3) is 3.37. The molecule has 6 nitrogen and oxygen atoms in total. The van der Waals surface area contributed by atoms with Gasteiger partial charge in [0.1, 0.15) is 5.57 Å². The van der Waals surface area contributed by atoms with Crippen LogP contribution in [0.3, 0.4) is 0 Å². The van der Waals surface area contributed by atoms with Crippen molar-refractivity contribution in [3.8, 4) is 11.5 Å². The number of carbonyl (C=O) groups is 2. The highest BCUT2D eigenvalue weighted by molar-refractivity contribution is 6.24. The molecule has 0 spiro atoms. The summed E-state index contributed by atoms with van der Waals surface area (Å²) in [4.78, 5) is 27.3. The Bertz CT molecular complexity index is 665. The molecule has 1 aromatic rings. The number of likely N-dealkylation sites (tertiary alicyclic amines) is 1. The summed E-state index contributed by atoms with van der Waals surface area (Å²) >= 11 is 0. The molecule has 2 rings (SSSR count). The van der Waals surface area contributed by atoms with Gasteiger partial charge >= 0.3 is 5.97 Å². The lowest BCUT2D eigenvalue weighted by atomic mass is 10.00. The Morgan fingerprint density at radius 3 is 2.42 bits per heavy atom. The number of rotatable bonds is 6. The first-order valence-corrected chi connectivity index (χ1v) is 7.90. The summed E-state index contributed by atoms with van der Waals surface area (Å²) in [5.74, 6) is -0.00278. The average Bonchev–Trinajstić information content (AvgIpc) is 3.09. The fourth-order valence-electron chi connectivity index (χ4n) is 2.93. The largest absolute Gasteiger partial charge is 0.493 e. The number of nitrogens with zero attached hydrogens (tertiary/aromatic N) is 1. The average molecular weight is 333 g/mol. The third-order valence-corrected chi connectivity index (χ3v) is 4.16. The number of Topliss-reactive ketones (excluding diaryl/α,β-unsaturated/α-hetero) is 1. The lowest BCUT2D eigenvalue weighted by Gasteiger charge is -2.20. The molecule has 1 saturated heterocycles. The van der Waals surface area contributed by atoms with Crippen LogP contribution in [-0.2, 0) is 9.53 Å². The minimum atomic E-state index is -0.606. The van der Waals surface area contributed by atoms with Gasteiger partial charge in [0.15, 0.2) is 11.5 Å². The van der Waals surface area contributed by atoms with Crippen molar-refractivity contribution in [2.24, 2.45) is 0 Å². The van der Waals surface area contributed by atoms with Crippen molar-refractivity contribution in [3.63, 3.8) is 0 Å². The number of hydrogen-bond donors (Lipinski definition) is 0. The molecule has 0 N–H and O–H groups in total. The number of benzene rings is 1. The fourth-order valence-corrected chi connectivity index (χ4v) is 2.93. The summed E-state index contributed by atoms with van der Waals surface area (Å²) in [6.45, 7) is 3.59. The molecular formula is C18H23NO5. The van der Waals surface area contributed by atoms with Crippen molar-refractivity contribution in [1.29, 1.82) is 0 Å². The zero-order valence-corrected chi connectivity index (χ0v) is 14.5. The normalized spacial score (nSPS) is 15.9. The lowest BCUT2D eigenvalue weighted by molar-refractivity contribution is -0.135. The molecule has 130 valence electrons. The third-order valence-electron chi connectivity index (χ3n) is 4.16. The predicted molar refractivity (Wildman–Crippen MR) is 89.4 cm³/mol. The van der Waals surface area contributed by atoms with Crippen LogP contribution in [0.25, 0.3) is 0 Å². The van der Waals surface area contributed by atoms with E-state index in [4.69, 9.17) is 14.2 Å². The first-order valence-electron chi connectivity index (χ1n) is 7.90. The highest BCUT2D eigenvalue weighted by Crippen LogP contribution is 2.31. The Morgan fingerprint density at radius 2 is 1.83 bits per heavy atom. The van der Waals surface area contributed by atoms with E-state index in [-0.39, 0.29) is 11.4 Å². The Labute approximate surface area is 142 Å². The molecule has 1 heterocycles. The maximum Gasteiger partial charge on any atom is 0.343 e. The van der Waals surface area contributed by atoms with E-state index < -0.39 is 5.97 Å². The number of carbonyl (C=O) groups excluding carboxylic acids is 2.